The van der Waals surface area contributed by atoms with E-state index in [9.17, 15) is 22.8 Å². The Labute approximate surface area is 137 Å². The van der Waals surface area contributed by atoms with Crippen LogP contribution in [-0.2, 0) is 9.59 Å². The van der Waals surface area contributed by atoms with Crippen LogP contribution in [0, 0.1) is 5.92 Å². The van der Waals surface area contributed by atoms with Gasteiger partial charge in [-0.1, -0.05) is 26.0 Å². The van der Waals surface area contributed by atoms with E-state index in [0.717, 1.165) is 0 Å². The molecule has 0 radical (unpaired) electrons. The van der Waals surface area contributed by atoms with Gasteiger partial charge >= 0.3 is 6.18 Å². The zero-order chi connectivity index (χ0) is 18.3. The van der Waals surface area contributed by atoms with Gasteiger partial charge in [0.15, 0.2) is 6.61 Å². The lowest BCUT2D eigenvalue weighted by Gasteiger charge is -2.16. The van der Waals surface area contributed by atoms with E-state index in [0.29, 0.717) is 0 Å². The summed E-state index contributed by atoms with van der Waals surface area (Å²) in [5.74, 6) is -1.30. The average Bonchev–Trinajstić information content (AvgIpc) is 2.50. The largest absolute Gasteiger partial charge is 0.482 e. The van der Waals surface area contributed by atoms with Gasteiger partial charge in [0, 0.05) is 0 Å². The fourth-order valence-electron chi connectivity index (χ4n) is 1.64. The molecule has 1 aromatic carbocycles. The van der Waals surface area contributed by atoms with Crippen molar-refractivity contribution in [3.05, 3.63) is 24.3 Å². The number of nitrogens with two attached hydrogens (primary N) is 1. The number of amides is 2. The lowest BCUT2D eigenvalue weighted by atomic mass is 10.1. The van der Waals surface area contributed by atoms with Gasteiger partial charge in [0.1, 0.15) is 5.75 Å². The van der Waals surface area contributed by atoms with Gasteiger partial charge in [0.05, 0.1) is 18.3 Å². The van der Waals surface area contributed by atoms with E-state index in [-0.39, 0.29) is 23.9 Å². The third-order valence-electron chi connectivity index (χ3n) is 3.00. The van der Waals surface area contributed by atoms with Gasteiger partial charge < -0.3 is 21.1 Å². The van der Waals surface area contributed by atoms with Crippen LogP contribution in [0.5, 0.6) is 5.75 Å². The number of alkyl halides is 3. The van der Waals surface area contributed by atoms with Crippen molar-refractivity contribution in [1.29, 1.82) is 0 Å². The number of benzene rings is 1. The summed E-state index contributed by atoms with van der Waals surface area (Å²) in [6.07, 6.45) is -4.49. The summed E-state index contributed by atoms with van der Waals surface area (Å²) >= 11 is 0. The standard InChI is InChI=1S/C15H20F3N3O3/c1-9(2)13(19)14(23)20-7-12(22)21-10-5-3-4-6-11(10)24-8-15(16,17)18/h3-6,9,13H,7-8,19H2,1-2H3,(H,20,23)(H,21,22)/t13-/m0/s1. The number of hydrogen-bond donors (Lipinski definition) is 3. The van der Waals surface area contributed by atoms with Crippen LogP contribution in [-0.4, -0.2) is 37.2 Å². The maximum atomic E-state index is 12.2. The zero-order valence-corrected chi connectivity index (χ0v) is 13.3. The molecule has 6 nitrogen and oxygen atoms in total. The Balaban J connectivity index is 2.60. The summed E-state index contributed by atoms with van der Waals surface area (Å²) in [6.45, 7) is 1.70. The zero-order valence-electron chi connectivity index (χ0n) is 13.3. The fourth-order valence-corrected chi connectivity index (χ4v) is 1.64. The number of hydrogen-bond acceptors (Lipinski definition) is 4. The van der Waals surface area contributed by atoms with Gasteiger partial charge in [0.25, 0.3) is 0 Å². The topological polar surface area (TPSA) is 93.5 Å². The second-order valence-electron chi connectivity index (χ2n) is 5.44. The predicted molar refractivity (Wildman–Crippen MR) is 82.4 cm³/mol. The first-order chi connectivity index (χ1) is 11.1. The maximum absolute atomic E-state index is 12.2. The second-order valence-corrected chi connectivity index (χ2v) is 5.44. The molecule has 134 valence electrons. The van der Waals surface area contributed by atoms with E-state index in [1.54, 1.807) is 13.8 Å². The van der Waals surface area contributed by atoms with Crippen molar-refractivity contribution in [1.82, 2.24) is 5.32 Å². The molecule has 0 saturated heterocycles. The molecule has 0 saturated carbocycles. The van der Waals surface area contributed by atoms with Gasteiger partial charge in [-0.25, -0.2) is 0 Å². The highest BCUT2D eigenvalue weighted by Crippen LogP contribution is 2.26. The third-order valence-corrected chi connectivity index (χ3v) is 3.00. The van der Waals surface area contributed by atoms with Crippen LogP contribution in [0.3, 0.4) is 0 Å². The van der Waals surface area contributed by atoms with Crippen LogP contribution >= 0.6 is 0 Å². The van der Waals surface area contributed by atoms with Crippen molar-refractivity contribution >= 4 is 17.5 Å². The first-order valence-corrected chi connectivity index (χ1v) is 7.22. The molecule has 0 spiro atoms. The van der Waals surface area contributed by atoms with Crippen molar-refractivity contribution in [2.24, 2.45) is 11.7 Å². The van der Waals surface area contributed by atoms with Crippen LogP contribution in [0.4, 0.5) is 18.9 Å². The summed E-state index contributed by atoms with van der Waals surface area (Å²) in [5.41, 5.74) is 5.71. The molecule has 0 aromatic heterocycles. The monoisotopic (exact) mass is 347 g/mol. The molecule has 9 heteroatoms. The van der Waals surface area contributed by atoms with Gasteiger partial charge in [-0.15, -0.1) is 0 Å². The number of anilines is 1. The molecule has 1 atom stereocenters. The molecule has 0 unspecified atom stereocenters. The van der Waals surface area contributed by atoms with Crippen molar-refractivity contribution in [3.8, 4) is 5.75 Å². The number of ether oxygens (including phenoxy) is 1. The van der Waals surface area contributed by atoms with E-state index < -0.39 is 30.6 Å². The van der Waals surface area contributed by atoms with Gasteiger partial charge in [-0.2, -0.15) is 13.2 Å². The van der Waals surface area contributed by atoms with Crippen LogP contribution in [0.2, 0.25) is 0 Å². The summed E-state index contributed by atoms with van der Waals surface area (Å²) in [5, 5.41) is 4.75. The highest BCUT2D eigenvalue weighted by atomic mass is 19.4. The van der Waals surface area contributed by atoms with Gasteiger partial charge in [-0.3, -0.25) is 9.59 Å². The highest BCUT2D eigenvalue weighted by Gasteiger charge is 2.29. The summed E-state index contributed by atoms with van der Waals surface area (Å²) in [7, 11) is 0. The predicted octanol–water partition coefficient (Wildman–Crippen LogP) is 1.67. The minimum absolute atomic E-state index is 0.0779. The molecule has 0 heterocycles. The molecule has 0 aliphatic rings. The molecule has 1 rings (SSSR count). The van der Waals surface area contributed by atoms with Crippen molar-refractivity contribution < 1.29 is 27.5 Å². The van der Waals surface area contributed by atoms with E-state index in [1.165, 1.54) is 24.3 Å². The Kier molecular flexibility index (Phi) is 7.02. The number of para-hydroxylation sites is 2. The highest BCUT2D eigenvalue weighted by molar-refractivity contribution is 5.96. The minimum atomic E-state index is -4.49. The van der Waals surface area contributed by atoms with E-state index >= 15 is 0 Å². The van der Waals surface area contributed by atoms with Crippen LogP contribution in [0.15, 0.2) is 24.3 Å². The van der Waals surface area contributed by atoms with Crippen LogP contribution in [0.25, 0.3) is 0 Å². The minimum Gasteiger partial charge on any atom is -0.482 e. The summed E-state index contributed by atoms with van der Waals surface area (Å²) in [6, 6.07) is 4.95. The van der Waals surface area contributed by atoms with E-state index in [4.69, 9.17) is 5.73 Å². The lowest BCUT2D eigenvalue weighted by molar-refractivity contribution is -0.153. The van der Waals surface area contributed by atoms with E-state index in [2.05, 4.69) is 15.4 Å². The van der Waals surface area contributed by atoms with Crippen molar-refractivity contribution in [2.45, 2.75) is 26.1 Å². The van der Waals surface area contributed by atoms with Gasteiger partial charge in [-0.05, 0) is 18.1 Å². The second kappa shape index (κ2) is 8.53. The molecular weight excluding hydrogens is 327 g/mol. The molecule has 0 aliphatic heterocycles. The Morgan fingerprint density at radius 1 is 1.25 bits per heavy atom. The Morgan fingerprint density at radius 3 is 2.46 bits per heavy atom. The molecular formula is C15H20F3N3O3. The Hall–Kier alpha value is -2.29. The summed E-state index contributed by atoms with van der Waals surface area (Å²) in [4.78, 5) is 23.5. The molecule has 24 heavy (non-hydrogen) atoms. The number of nitrogens with one attached hydrogen (secondary N) is 2. The average molecular weight is 347 g/mol. The number of carbonyl (C=O) groups excluding carboxylic acids is 2. The number of halogens is 3. The van der Waals surface area contributed by atoms with Crippen molar-refractivity contribution in [3.63, 3.8) is 0 Å². The molecule has 1 aromatic rings. The van der Waals surface area contributed by atoms with E-state index in [1.807, 2.05) is 0 Å². The lowest BCUT2D eigenvalue weighted by Crippen LogP contribution is -2.46. The molecule has 4 N–H and O–H groups in total. The fraction of sp³-hybridized carbons (Fsp3) is 0.467. The summed E-state index contributed by atoms with van der Waals surface area (Å²) < 4.78 is 41.3. The van der Waals surface area contributed by atoms with Gasteiger partial charge in [0.2, 0.25) is 11.8 Å². The first kappa shape index (κ1) is 19.8. The molecule has 2 amide bonds. The molecule has 0 fully saturated rings. The maximum Gasteiger partial charge on any atom is 0.422 e. The van der Waals surface area contributed by atoms with Crippen LogP contribution < -0.4 is 21.1 Å². The normalized spacial score (nSPS) is 12.6. The number of rotatable bonds is 7. The third kappa shape index (κ3) is 6.86. The Bertz CT molecular complexity index is 577. The molecule has 0 bridgehead atoms. The first-order valence-electron chi connectivity index (χ1n) is 7.22. The molecule has 0 aliphatic carbocycles. The SMILES string of the molecule is CC(C)[C@H](N)C(=O)NCC(=O)Nc1ccccc1OCC(F)(F)F. The van der Waals surface area contributed by atoms with Crippen molar-refractivity contribution in [2.75, 3.05) is 18.5 Å². The smallest absolute Gasteiger partial charge is 0.422 e. The number of carbonyl (C=O) groups is 2. The quantitative estimate of drug-likeness (QED) is 0.699. The van der Waals surface area contributed by atoms with Crippen LogP contribution in [0.1, 0.15) is 13.8 Å². The Morgan fingerprint density at radius 2 is 1.88 bits per heavy atom.